The minimum Gasteiger partial charge on any atom is -0.382 e. The van der Waals surface area contributed by atoms with Gasteiger partial charge in [0.25, 0.3) is 0 Å². The predicted octanol–water partition coefficient (Wildman–Crippen LogP) is 1.67. The van der Waals surface area contributed by atoms with Crippen molar-refractivity contribution in [3.05, 3.63) is 48.3 Å². The maximum atomic E-state index is 10.7. The molecule has 0 aliphatic carbocycles. The molecule has 0 amide bonds. The molecule has 0 saturated heterocycles. The second-order valence-electron chi connectivity index (χ2n) is 4.75. The Hall–Kier alpha value is -1.65. The standard InChI is InChI=1S/C14H19N3O/c1-11(2)14(18,10-15)13-8-9-16-17(13)12-6-4-3-5-7-12/h3-9,11,18H,10,15H2,1-2H3. The average Bonchev–Trinajstić information content (AvgIpc) is 2.88. The number of hydrogen-bond donors (Lipinski definition) is 2. The number of rotatable bonds is 4. The highest BCUT2D eigenvalue weighted by Crippen LogP contribution is 2.29. The van der Waals surface area contributed by atoms with Crippen molar-refractivity contribution in [3.8, 4) is 5.69 Å². The molecule has 96 valence electrons. The van der Waals surface area contributed by atoms with Crippen molar-refractivity contribution in [1.29, 1.82) is 0 Å². The Kier molecular flexibility index (Phi) is 3.50. The molecule has 0 aliphatic rings. The van der Waals surface area contributed by atoms with Crippen LogP contribution in [0.5, 0.6) is 0 Å². The zero-order valence-electron chi connectivity index (χ0n) is 10.7. The average molecular weight is 245 g/mol. The third-order valence-corrected chi connectivity index (χ3v) is 3.35. The largest absolute Gasteiger partial charge is 0.382 e. The van der Waals surface area contributed by atoms with E-state index in [4.69, 9.17) is 5.73 Å². The summed E-state index contributed by atoms with van der Waals surface area (Å²) in [5.41, 5.74) is 6.34. The SMILES string of the molecule is CC(C)C(O)(CN)c1ccnn1-c1ccccc1. The summed E-state index contributed by atoms with van der Waals surface area (Å²) >= 11 is 0. The van der Waals surface area contributed by atoms with Crippen molar-refractivity contribution in [2.75, 3.05) is 6.54 Å². The smallest absolute Gasteiger partial charge is 0.121 e. The fourth-order valence-electron chi connectivity index (χ4n) is 2.04. The first-order chi connectivity index (χ1) is 8.59. The van der Waals surface area contributed by atoms with Gasteiger partial charge in [-0.1, -0.05) is 32.0 Å². The first-order valence-electron chi connectivity index (χ1n) is 6.12. The molecule has 2 rings (SSSR count). The summed E-state index contributed by atoms with van der Waals surface area (Å²) in [5, 5.41) is 15.0. The van der Waals surface area contributed by atoms with Gasteiger partial charge in [-0.3, -0.25) is 0 Å². The van der Waals surface area contributed by atoms with Gasteiger partial charge < -0.3 is 10.8 Å². The molecule has 1 heterocycles. The highest BCUT2D eigenvalue weighted by molar-refractivity contribution is 5.34. The van der Waals surface area contributed by atoms with Gasteiger partial charge in [-0.25, -0.2) is 4.68 Å². The van der Waals surface area contributed by atoms with Crippen LogP contribution in [0.3, 0.4) is 0 Å². The Morgan fingerprint density at radius 2 is 1.94 bits per heavy atom. The summed E-state index contributed by atoms with van der Waals surface area (Å²) in [6, 6.07) is 11.6. The number of nitrogens with two attached hydrogens (primary N) is 1. The molecule has 1 atom stereocenters. The van der Waals surface area contributed by atoms with E-state index in [2.05, 4.69) is 5.10 Å². The molecule has 0 aliphatic heterocycles. The first kappa shape index (κ1) is 12.8. The molecular weight excluding hydrogens is 226 g/mol. The van der Waals surface area contributed by atoms with Gasteiger partial charge in [-0.2, -0.15) is 5.10 Å². The third kappa shape index (κ3) is 2.05. The van der Waals surface area contributed by atoms with E-state index in [0.717, 1.165) is 11.4 Å². The Labute approximate surface area is 107 Å². The van der Waals surface area contributed by atoms with Crippen LogP contribution >= 0.6 is 0 Å². The van der Waals surface area contributed by atoms with Crippen molar-refractivity contribution >= 4 is 0 Å². The normalized spacial score (nSPS) is 14.7. The van der Waals surface area contributed by atoms with Crippen LogP contribution in [-0.4, -0.2) is 21.4 Å². The molecular formula is C14H19N3O. The number of para-hydroxylation sites is 1. The highest BCUT2D eigenvalue weighted by Gasteiger charge is 2.35. The fraction of sp³-hybridized carbons (Fsp3) is 0.357. The lowest BCUT2D eigenvalue weighted by Gasteiger charge is -2.31. The van der Waals surface area contributed by atoms with E-state index in [1.54, 1.807) is 10.9 Å². The second-order valence-corrected chi connectivity index (χ2v) is 4.75. The van der Waals surface area contributed by atoms with Crippen molar-refractivity contribution in [2.45, 2.75) is 19.4 Å². The van der Waals surface area contributed by atoms with Crippen LogP contribution in [0.25, 0.3) is 5.69 Å². The number of hydrogen-bond acceptors (Lipinski definition) is 3. The predicted molar refractivity (Wildman–Crippen MR) is 71.4 cm³/mol. The van der Waals surface area contributed by atoms with Gasteiger partial charge in [0.1, 0.15) is 5.60 Å². The molecule has 1 unspecified atom stereocenters. The van der Waals surface area contributed by atoms with Crippen LogP contribution in [0.2, 0.25) is 0 Å². The van der Waals surface area contributed by atoms with Crippen molar-refractivity contribution in [3.63, 3.8) is 0 Å². The van der Waals surface area contributed by atoms with Crippen molar-refractivity contribution < 1.29 is 5.11 Å². The van der Waals surface area contributed by atoms with Crippen LogP contribution in [0.4, 0.5) is 0 Å². The molecule has 0 fully saturated rings. The molecule has 3 N–H and O–H groups in total. The fourth-order valence-corrected chi connectivity index (χ4v) is 2.04. The highest BCUT2D eigenvalue weighted by atomic mass is 16.3. The monoisotopic (exact) mass is 245 g/mol. The van der Waals surface area contributed by atoms with Crippen molar-refractivity contribution in [2.24, 2.45) is 11.7 Å². The molecule has 18 heavy (non-hydrogen) atoms. The molecule has 0 spiro atoms. The molecule has 1 aromatic heterocycles. The van der Waals surface area contributed by atoms with Crippen LogP contribution in [0.1, 0.15) is 19.5 Å². The summed E-state index contributed by atoms with van der Waals surface area (Å²) in [6.07, 6.45) is 1.69. The van der Waals surface area contributed by atoms with E-state index in [9.17, 15) is 5.11 Å². The second kappa shape index (κ2) is 4.92. The van der Waals surface area contributed by atoms with Gasteiger partial charge in [0.15, 0.2) is 0 Å². The summed E-state index contributed by atoms with van der Waals surface area (Å²) in [7, 11) is 0. The number of aromatic nitrogens is 2. The zero-order chi connectivity index (χ0) is 13.2. The van der Waals surface area contributed by atoms with Gasteiger partial charge in [-0.05, 0) is 24.1 Å². The van der Waals surface area contributed by atoms with E-state index in [1.807, 2.05) is 50.2 Å². The summed E-state index contributed by atoms with van der Waals surface area (Å²) < 4.78 is 1.74. The van der Waals surface area contributed by atoms with E-state index < -0.39 is 5.60 Å². The minimum absolute atomic E-state index is 0.0154. The third-order valence-electron chi connectivity index (χ3n) is 3.35. The van der Waals surface area contributed by atoms with Gasteiger partial charge >= 0.3 is 0 Å². The molecule has 2 aromatic rings. The van der Waals surface area contributed by atoms with Crippen LogP contribution in [0.15, 0.2) is 42.6 Å². The van der Waals surface area contributed by atoms with E-state index in [1.165, 1.54) is 0 Å². The van der Waals surface area contributed by atoms with Gasteiger partial charge in [0, 0.05) is 12.7 Å². The molecule has 4 heteroatoms. The molecule has 0 bridgehead atoms. The molecule has 4 nitrogen and oxygen atoms in total. The van der Waals surface area contributed by atoms with E-state index in [-0.39, 0.29) is 12.5 Å². The Bertz CT molecular complexity index is 507. The number of aliphatic hydroxyl groups is 1. The molecule has 0 saturated carbocycles. The summed E-state index contributed by atoms with van der Waals surface area (Å²) in [4.78, 5) is 0. The lowest BCUT2D eigenvalue weighted by atomic mass is 9.87. The van der Waals surface area contributed by atoms with E-state index in [0.29, 0.717) is 0 Å². The van der Waals surface area contributed by atoms with E-state index >= 15 is 0 Å². The molecule has 0 radical (unpaired) electrons. The Morgan fingerprint density at radius 1 is 1.28 bits per heavy atom. The topological polar surface area (TPSA) is 64.1 Å². The van der Waals surface area contributed by atoms with Crippen LogP contribution in [-0.2, 0) is 5.60 Å². The van der Waals surface area contributed by atoms with Crippen LogP contribution in [0, 0.1) is 5.92 Å². The lowest BCUT2D eigenvalue weighted by molar-refractivity contribution is -0.00737. The number of benzene rings is 1. The van der Waals surface area contributed by atoms with Gasteiger partial charge in [-0.15, -0.1) is 0 Å². The maximum Gasteiger partial charge on any atom is 0.121 e. The summed E-state index contributed by atoms with van der Waals surface area (Å²) in [6.45, 7) is 4.08. The van der Waals surface area contributed by atoms with Crippen molar-refractivity contribution in [1.82, 2.24) is 9.78 Å². The number of nitrogens with zero attached hydrogens (tertiary/aromatic N) is 2. The minimum atomic E-state index is -1.06. The quantitative estimate of drug-likeness (QED) is 0.861. The summed E-state index contributed by atoms with van der Waals surface area (Å²) in [5.74, 6) is 0.0154. The maximum absolute atomic E-state index is 10.7. The van der Waals surface area contributed by atoms with Crippen LogP contribution < -0.4 is 5.73 Å². The Morgan fingerprint density at radius 3 is 2.50 bits per heavy atom. The zero-order valence-corrected chi connectivity index (χ0v) is 10.7. The van der Waals surface area contributed by atoms with Gasteiger partial charge in [0.2, 0.25) is 0 Å². The molecule has 1 aromatic carbocycles. The first-order valence-corrected chi connectivity index (χ1v) is 6.12. The Balaban J connectivity index is 2.52. The van der Waals surface area contributed by atoms with Gasteiger partial charge in [0.05, 0.1) is 11.4 Å². The lowest BCUT2D eigenvalue weighted by Crippen LogP contribution is -2.41.